The maximum atomic E-state index is 12.5. The van der Waals surface area contributed by atoms with E-state index in [2.05, 4.69) is 10.3 Å². The van der Waals surface area contributed by atoms with Gasteiger partial charge in [-0.15, -0.1) is 0 Å². The summed E-state index contributed by atoms with van der Waals surface area (Å²) in [6.07, 6.45) is 1.68. The van der Waals surface area contributed by atoms with Gasteiger partial charge in [-0.1, -0.05) is 54.1 Å². The van der Waals surface area contributed by atoms with Crippen LogP contribution in [-0.4, -0.2) is 22.8 Å². The zero-order chi connectivity index (χ0) is 18.4. The van der Waals surface area contributed by atoms with Crippen molar-refractivity contribution in [1.82, 2.24) is 9.88 Å². The van der Waals surface area contributed by atoms with Gasteiger partial charge in [-0.3, -0.25) is 4.79 Å². The maximum Gasteiger partial charge on any atom is 0.272 e. The molecule has 26 heavy (non-hydrogen) atoms. The highest BCUT2D eigenvalue weighted by atomic mass is 35.5. The summed E-state index contributed by atoms with van der Waals surface area (Å²) in [5, 5.41) is 4.01. The van der Waals surface area contributed by atoms with Crippen LogP contribution in [0.5, 0.6) is 0 Å². The van der Waals surface area contributed by atoms with Gasteiger partial charge in [0.1, 0.15) is 5.69 Å². The molecule has 1 amide bonds. The van der Waals surface area contributed by atoms with E-state index in [1.165, 1.54) is 0 Å². The molecule has 0 saturated carbocycles. The topological polar surface area (TPSA) is 45.2 Å². The number of hydrogen-bond acceptors (Lipinski definition) is 3. The molecule has 0 fully saturated rings. The SMILES string of the molecule is CN(Cc1ccccc1)C(=O)c1ccc(NCc2ccc(Cl)cc2)cn1. The number of nitrogens with one attached hydrogen (secondary N) is 1. The second-order valence-electron chi connectivity index (χ2n) is 6.06. The van der Waals surface area contributed by atoms with Crippen molar-refractivity contribution < 1.29 is 4.79 Å². The van der Waals surface area contributed by atoms with Gasteiger partial charge in [0, 0.05) is 25.2 Å². The first-order chi connectivity index (χ1) is 12.6. The van der Waals surface area contributed by atoms with E-state index in [4.69, 9.17) is 11.6 Å². The van der Waals surface area contributed by atoms with Crippen molar-refractivity contribution >= 4 is 23.2 Å². The number of hydrogen-bond donors (Lipinski definition) is 1. The van der Waals surface area contributed by atoms with Crippen molar-refractivity contribution in [2.45, 2.75) is 13.1 Å². The number of amides is 1. The summed E-state index contributed by atoms with van der Waals surface area (Å²) in [6, 6.07) is 21.2. The molecule has 0 aliphatic heterocycles. The fraction of sp³-hybridized carbons (Fsp3) is 0.143. The Morgan fingerprint density at radius 3 is 2.38 bits per heavy atom. The Bertz CT molecular complexity index is 849. The van der Waals surface area contributed by atoms with Gasteiger partial charge in [0.05, 0.1) is 11.9 Å². The molecule has 4 nitrogen and oxygen atoms in total. The number of anilines is 1. The lowest BCUT2D eigenvalue weighted by Crippen LogP contribution is -2.26. The molecule has 0 aliphatic rings. The lowest BCUT2D eigenvalue weighted by atomic mass is 10.2. The van der Waals surface area contributed by atoms with E-state index >= 15 is 0 Å². The summed E-state index contributed by atoms with van der Waals surface area (Å²) in [5.74, 6) is -0.0990. The lowest BCUT2D eigenvalue weighted by molar-refractivity contribution is 0.0779. The van der Waals surface area contributed by atoms with Gasteiger partial charge in [-0.25, -0.2) is 4.98 Å². The number of halogens is 1. The minimum Gasteiger partial charge on any atom is -0.380 e. The normalized spacial score (nSPS) is 10.4. The lowest BCUT2D eigenvalue weighted by Gasteiger charge is -2.17. The highest BCUT2D eigenvalue weighted by Gasteiger charge is 2.13. The van der Waals surface area contributed by atoms with Crippen LogP contribution >= 0.6 is 11.6 Å². The molecular formula is C21H20ClN3O. The average molecular weight is 366 g/mol. The third kappa shape index (κ3) is 4.83. The monoisotopic (exact) mass is 365 g/mol. The highest BCUT2D eigenvalue weighted by molar-refractivity contribution is 6.30. The molecular weight excluding hydrogens is 346 g/mol. The number of benzene rings is 2. The van der Waals surface area contributed by atoms with Crippen LogP contribution in [0.1, 0.15) is 21.6 Å². The van der Waals surface area contributed by atoms with Crippen LogP contribution in [0.15, 0.2) is 72.9 Å². The molecule has 0 radical (unpaired) electrons. The van der Waals surface area contributed by atoms with Crippen molar-refractivity contribution in [3.8, 4) is 0 Å². The number of carbonyl (C=O) groups excluding carboxylic acids is 1. The summed E-state index contributed by atoms with van der Waals surface area (Å²) >= 11 is 5.89. The molecule has 5 heteroatoms. The molecule has 1 heterocycles. The highest BCUT2D eigenvalue weighted by Crippen LogP contribution is 2.13. The van der Waals surface area contributed by atoms with E-state index in [-0.39, 0.29) is 5.91 Å². The molecule has 1 N–H and O–H groups in total. The minimum atomic E-state index is -0.0990. The second kappa shape index (κ2) is 8.50. The van der Waals surface area contributed by atoms with Crippen molar-refractivity contribution in [3.05, 3.63) is 94.8 Å². The zero-order valence-electron chi connectivity index (χ0n) is 14.5. The second-order valence-corrected chi connectivity index (χ2v) is 6.50. The molecule has 2 aromatic carbocycles. The van der Waals surface area contributed by atoms with Gasteiger partial charge >= 0.3 is 0 Å². The van der Waals surface area contributed by atoms with Gasteiger partial charge in [0.2, 0.25) is 0 Å². The van der Waals surface area contributed by atoms with Crippen molar-refractivity contribution in [2.75, 3.05) is 12.4 Å². The molecule has 0 spiro atoms. The molecule has 0 atom stereocenters. The summed E-state index contributed by atoms with van der Waals surface area (Å²) in [5.41, 5.74) is 3.50. The van der Waals surface area contributed by atoms with E-state index in [0.29, 0.717) is 18.8 Å². The Labute approximate surface area is 158 Å². The summed E-state index contributed by atoms with van der Waals surface area (Å²) in [7, 11) is 1.78. The number of aromatic nitrogens is 1. The fourth-order valence-electron chi connectivity index (χ4n) is 2.56. The quantitative estimate of drug-likeness (QED) is 0.693. The third-order valence-corrected chi connectivity index (χ3v) is 4.25. The van der Waals surface area contributed by atoms with Crippen molar-refractivity contribution in [2.24, 2.45) is 0 Å². The van der Waals surface area contributed by atoms with E-state index in [0.717, 1.165) is 21.8 Å². The standard InChI is InChI=1S/C21H20ClN3O/c1-25(15-17-5-3-2-4-6-17)21(26)20-12-11-19(14-24-20)23-13-16-7-9-18(22)10-8-16/h2-12,14,23H,13,15H2,1H3. The Morgan fingerprint density at radius 1 is 1.00 bits per heavy atom. The predicted molar refractivity (Wildman–Crippen MR) is 105 cm³/mol. The number of pyridine rings is 1. The predicted octanol–water partition coefficient (Wildman–Crippen LogP) is 4.62. The molecule has 3 rings (SSSR count). The van der Waals surface area contributed by atoms with E-state index in [1.807, 2.05) is 60.7 Å². The summed E-state index contributed by atoms with van der Waals surface area (Å²) in [4.78, 5) is 18.5. The first-order valence-corrected chi connectivity index (χ1v) is 8.73. The van der Waals surface area contributed by atoms with Crippen LogP contribution in [0, 0.1) is 0 Å². The molecule has 132 valence electrons. The third-order valence-electron chi connectivity index (χ3n) is 4.00. The van der Waals surface area contributed by atoms with Gasteiger partial charge in [-0.2, -0.15) is 0 Å². The molecule has 3 aromatic rings. The summed E-state index contributed by atoms with van der Waals surface area (Å²) < 4.78 is 0. The Balaban J connectivity index is 1.57. The Kier molecular flexibility index (Phi) is 5.87. The zero-order valence-corrected chi connectivity index (χ0v) is 15.3. The summed E-state index contributed by atoms with van der Waals surface area (Å²) in [6.45, 7) is 1.22. The van der Waals surface area contributed by atoms with Crippen LogP contribution in [-0.2, 0) is 13.1 Å². The maximum absolute atomic E-state index is 12.5. The van der Waals surface area contributed by atoms with E-state index in [9.17, 15) is 4.79 Å². The Morgan fingerprint density at radius 2 is 1.73 bits per heavy atom. The van der Waals surface area contributed by atoms with Crippen molar-refractivity contribution in [1.29, 1.82) is 0 Å². The molecule has 0 saturated heterocycles. The number of nitrogens with zero attached hydrogens (tertiary/aromatic N) is 2. The van der Waals surface area contributed by atoms with Gasteiger partial charge in [0.15, 0.2) is 0 Å². The van der Waals surface area contributed by atoms with Crippen LogP contribution in [0.4, 0.5) is 5.69 Å². The molecule has 0 aliphatic carbocycles. The van der Waals surface area contributed by atoms with Gasteiger partial charge in [-0.05, 0) is 35.4 Å². The fourth-order valence-corrected chi connectivity index (χ4v) is 2.68. The van der Waals surface area contributed by atoms with Crippen LogP contribution in [0.2, 0.25) is 5.02 Å². The first kappa shape index (κ1) is 18.0. The van der Waals surface area contributed by atoms with Crippen molar-refractivity contribution in [3.63, 3.8) is 0 Å². The molecule has 0 bridgehead atoms. The molecule has 1 aromatic heterocycles. The average Bonchev–Trinajstić information content (AvgIpc) is 2.68. The largest absolute Gasteiger partial charge is 0.380 e. The van der Waals surface area contributed by atoms with E-state index in [1.54, 1.807) is 24.2 Å². The van der Waals surface area contributed by atoms with Crippen LogP contribution in [0.3, 0.4) is 0 Å². The number of rotatable bonds is 6. The Hall–Kier alpha value is -2.85. The van der Waals surface area contributed by atoms with Crippen LogP contribution < -0.4 is 5.32 Å². The molecule has 0 unspecified atom stereocenters. The van der Waals surface area contributed by atoms with Gasteiger partial charge in [0.25, 0.3) is 5.91 Å². The van der Waals surface area contributed by atoms with Gasteiger partial charge < -0.3 is 10.2 Å². The minimum absolute atomic E-state index is 0.0990. The smallest absolute Gasteiger partial charge is 0.272 e. The number of carbonyl (C=O) groups is 1. The first-order valence-electron chi connectivity index (χ1n) is 8.35. The van der Waals surface area contributed by atoms with E-state index < -0.39 is 0 Å². The van der Waals surface area contributed by atoms with Crippen LogP contribution in [0.25, 0.3) is 0 Å².